The number of hydrogen-bond donors (Lipinski definition) is 1. The molecule has 0 saturated carbocycles. The Kier molecular flexibility index (Phi) is 1.13. The van der Waals surface area contributed by atoms with Crippen LogP contribution >= 0.6 is 0 Å². The van der Waals surface area contributed by atoms with Crippen molar-refractivity contribution in [2.24, 2.45) is 0 Å². The van der Waals surface area contributed by atoms with Crippen LogP contribution in [0.4, 0.5) is 5.69 Å². The Labute approximate surface area is 64.1 Å². The topological polar surface area (TPSA) is 29.1 Å². The molecule has 0 aliphatic rings. The van der Waals surface area contributed by atoms with E-state index in [-0.39, 0.29) is 0 Å². The molecule has 0 atom stereocenters. The lowest BCUT2D eigenvalue weighted by Gasteiger charge is -1.98. The largest absolute Gasteiger partial charge is 0.326 e. The average Bonchev–Trinajstić information content (AvgIpc) is 2.04. The van der Waals surface area contributed by atoms with Crippen molar-refractivity contribution in [1.29, 1.82) is 0 Å². The van der Waals surface area contributed by atoms with Crippen molar-refractivity contribution in [3.63, 3.8) is 0 Å². The maximum absolute atomic E-state index is 11.0. The number of carbonyl (C=O) groups is 1. The predicted molar refractivity (Wildman–Crippen MR) is 40.7 cm³/mol. The SMILES string of the molecule is [2H]C([2H])([2H])C(=O)Nc1ccccc1. The van der Waals surface area contributed by atoms with Crippen LogP contribution in [0.15, 0.2) is 30.3 Å². The molecule has 1 aromatic carbocycles. The summed E-state index contributed by atoms with van der Waals surface area (Å²) in [5.41, 5.74) is 0.489. The molecule has 0 spiro atoms. The molecule has 0 aromatic heterocycles. The lowest BCUT2D eigenvalue weighted by molar-refractivity contribution is -0.114. The highest BCUT2D eigenvalue weighted by Gasteiger charge is 1.90. The third-order valence-electron chi connectivity index (χ3n) is 1.03. The number of carbonyl (C=O) groups excluding carboxylic acids is 1. The highest BCUT2D eigenvalue weighted by Crippen LogP contribution is 2.03. The Morgan fingerprint density at radius 1 is 1.50 bits per heavy atom. The molecule has 2 heteroatoms. The molecule has 0 saturated heterocycles. The molecule has 2 nitrogen and oxygen atoms in total. The van der Waals surface area contributed by atoms with E-state index in [9.17, 15) is 4.79 Å². The number of para-hydroxylation sites is 1. The van der Waals surface area contributed by atoms with Gasteiger partial charge in [0.15, 0.2) is 0 Å². The Morgan fingerprint density at radius 2 is 2.20 bits per heavy atom. The van der Waals surface area contributed by atoms with Crippen LogP contribution in [0, 0.1) is 0 Å². The van der Waals surface area contributed by atoms with Gasteiger partial charge in [-0.1, -0.05) is 18.2 Å². The van der Waals surface area contributed by atoms with Gasteiger partial charge in [-0.3, -0.25) is 4.79 Å². The van der Waals surface area contributed by atoms with Gasteiger partial charge in [0.2, 0.25) is 5.91 Å². The minimum atomic E-state index is -2.59. The van der Waals surface area contributed by atoms with Gasteiger partial charge in [-0.25, -0.2) is 0 Å². The van der Waals surface area contributed by atoms with Crippen LogP contribution in [0.2, 0.25) is 0 Å². The van der Waals surface area contributed by atoms with Crippen LogP contribution in [0.1, 0.15) is 11.0 Å². The van der Waals surface area contributed by atoms with Gasteiger partial charge in [0.05, 0.1) is 0 Å². The fourth-order valence-electron chi connectivity index (χ4n) is 0.653. The summed E-state index contributed by atoms with van der Waals surface area (Å²) >= 11 is 0. The predicted octanol–water partition coefficient (Wildman–Crippen LogP) is 1.65. The average molecular weight is 138 g/mol. The van der Waals surface area contributed by atoms with Gasteiger partial charge >= 0.3 is 0 Å². The molecular formula is C8H9NO. The first kappa shape index (κ1) is 3.76. The standard InChI is InChI=1S/C8H9NO/c1-7(10)9-8-5-3-2-4-6-8/h2-6H,1H3,(H,9,10)/i1D3. The van der Waals surface area contributed by atoms with Gasteiger partial charge in [0.1, 0.15) is 0 Å². The summed E-state index contributed by atoms with van der Waals surface area (Å²) in [6.07, 6.45) is 0. The van der Waals surface area contributed by atoms with Gasteiger partial charge in [0.25, 0.3) is 0 Å². The minimum absolute atomic E-state index is 0.489. The van der Waals surface area contributed by atoms with Crippen LogP contribution in [0.3, 0.4) is 0 Å². The number of nitrogens with one attached hydrogen (secondary N) is 1. The molecule has 1 rings (SSSR count). The third-order valence-corrected chi connectivity index (χ3v) is 1.03. The number of anilines is 1. The summed E-state index contributed by atoms with van der Waals surface area (Å²) in [6.45, 7) is -2.59. The fraction of sp³-hybridized carbons (Fsp3) is 0.125. The van der Waals surface area contributed by atoms with E-state index in [0.717, 1.165) is 0 Å². The normalized spacial score (nSPS) is 14.6. The van der Waals surface area contributed by atoms with Gasteiger partial charge in [0, 0.05) is 16.7 Å². The fourth-order valence-corrected chi connectivity index (χ4v) is 0.653. The number of rotatable bonds is 1. The van der Waals surface area contributed by atoms with E-state index < -0.39 is 12.8 Å². The summed E-state index contributed by atoms with van der Waals surface area (Å²) in [5, 5.41) is 2.28. The van der Waals surface area contributed by atoms with Crippen LogP contribution in [0.5, 0.6) is 0 Å². The van der Waals surface area contributed by atoms with Crippen LogP contribution < -0.4 is 5.32 Å². The molecule has 1 aromatic rings. The van der Waals surface area contributed by atoms with E-state index in [1.54, 1.807) is 30.3 Å². The van der Waals surface area contributed by atoms with E-state index >= 15 is 0 Å². The summed E-state index contributed by atoms with van der Waals surface area (Å²) < 4.78 is 20.4. The maximum atomic E-state index is 11.0. The quantitative estimate of drug-likeness (QED) is 0.628. The van der Waals surface area contributed by atoms with Crippen molar-refractivity contribution >= 4 is 11.6 Å². The van der Waals surface area contributed by atoms with E-state index in [1.807, 2.05) is 0 Å². The van der Waals surface area contributed by atoms with Crippen molar-refractivity contribution < 1.29 is 8.91 Å². The lowest BCUT2D eigenvalue weighted by Crippen LogP contribution is -2.04. The summed E-state index contributed by atoms with van der Waals surface area (Å²) in [4.78, 5) is 11.0. The Bertz CT molecular complexity index is 294. The highest BCUT2D eigenvalue weighted by atomic mass is 16.1. The zero-order valence-electron chi connectivity index (χ0n) is 8.29. The van der Waals surface area contributed by atoms with Gasteiger partial charge in [-0.05, 0) is 12.1 Å². The van der Waals surface area contributed by atoms with E-state index in [4.69, 9.17) is 4.11 Å². The van der Waals surface area contributed by atoms with Crippen LogP contribution in [-0.2, 0) is 4.79 Å². The number of benzene rings is 1. The molecule has 0 radical (unpaired) electrons. The molecule has 0 fully saturated rings. The second kappa shape index (κ2) is 3.01. The van der Waals surface area contributed by atoms with Gasteiger partial charge in [-0.15, -0.1) is 0 Å². The second-order valence-corrected chi connectivity index (χ2v) is 1.82. The molecule has 10 heavy (non-hydrogen) atoms. The van der Waals surface area contributed by atoms with Crippen molar-refractivity contribution in [2.75, 3.05) is 5.32 Å². The third kappa shape index (κ3) is 1.90. The van der Waals surface area contributed by atoms with E-state index in [2.05, 4.69) is 5.32 Å². The smallest absolute Gasteiger partial charge is 0.221 e. The number of hydrogen-bond acceptors (Lipinski definition) is 1. The van der Waals surface area contributed by atoms with Crippen LogP contribution in [0.25, 0.3) is 0 Å². The first-order valence-electron chi connectivity index (χ1n) is 4.36. The van der Waals surface area contributed by atoms with Gasteiger partial charge in [-0.2, -0.15) is 0 Å². The zero-order valence-corrected chi connectivity index (χ0v) is 5.29. The molecule has 0 bridgehead atoms. The van der Waals surface area contributed by atoms with Crippen molar-refractivity contribution in [1.82, 2.24) is 0 Å². The second-order valence-electron chi connectivity index (χ2n) is 1.82. The Balaban J connectivity index is 2.66. The van der Waals surface area contributed by atoms with E-state index in [1.165, 1.54) is 0 Å². The summed E-state index contributed by atoms with van der Waals surface area (Å²) in [7, 11) is 0. The van der Waals surface area contributed by atoms with Crippen molar-refractivity contribution in [2.45, 2.75) is 6.85 Å². The van der Waals surface area contributed by atoms with Crippen molar-refractivity contribution in [3.05, 3.63) is 30.3 Å². The summed E-state index contributed by atoms with van der Waals surface area (Å²) in [5.74, 6) is -0.960. The minimum Gasteiger partial charge on any atom is -0.326 e. The molecule has 0 heterocycles. The first-order valence-corrected chi connectivity index (χ1v) is 2.86. The molecule has 0 aliphatic heterocycles. The number of amides is 1. The molecule has 1 amide bonds. The molecule has 52 valence electrons. The molecular weight excluding hydrogens is 126 g/mol. The summed E-state index contributed by atoms with van der Waals surface area (Å²) in [6, 6.07) is 8.47. The Morgan fingerprint density at radius 3 is 2.80 bits per heavy atom. The molecule has 0 aliphatic carbocycles. The zero-order chi connectivity index (χ0) is 9.90. The van der Waals surface area contributed by atoms with Crippen LogP contribution in [-0.4, -0.2) is 5.91 Å². The monoisotopic (exact) mass is 138 g/mol. The Hall–Kier alpha value is -1.31. The maximum Gasteiger partial charge on any atom is 0.221 e. The first-order chi connectivity index (χ1) is 6.00. The van der Waals surface area contributed by atoms with Gasteiger partial charge < -0.3 is 5.32 Å². The van der Waals surface area contributed by atoms with E-state index in [0.29, 0.717) is 5.69 Å². The lowest BCUT2D eigenvalue weighted by atomic mass is 10.3. The molecule has 1 N–H and O–H groups in total. The highest BCUT2D eigenvalue weighted by molar-refractivity contribution is 5.88. The molecule has 0 unspecified atom stereocenters. The van der Waals surface area contributed by atoms with Crippen molar-refractivity contribution in [3.8, 4) is 0 Å².